The van der Waals surface area contributed by atoms with E-state index in [1.165, 1.54) is 7.11 Å². The zero-order valence-electron chi connectivity index (χ0n) is 10.0. The van der Waals surface area contributed by atoms with Crippen molar-refractivity contribution in [1.82, 2.24) is 5.32 Å². The van der Waals surface area contributed by atoms with Crippen LogP contribution in [-0.4, -0.2) is 31.8 Å². The maximum absolute atomic E-state index is 10.9. The topological polar surface area (TPSA) is 67.8 Å². The number of carbonyl (C=O) groups excluding carboxylic acids is 1. The highest BCUT2D eigenvalue weighted by Gasteiger charge is 2.04. The Kier molecular flexibility index (Phi) is 5.29. The van der Waals surface area contributed by atoms with Gasteiger partial charge in [0.2, 0.25) is 0 Å². The van der Waals surface area contributed by atoms with Crippen molar-refractivity contribution in [2.45, 2.75) is 13.0 Å². The summed E-state index contributed by atoms with van der Waals surface area (Å²) in [5.74, 6) is 0.635. The number of phenolic OH excluding ortho intramolecular Hbond substituents is 1. The normalized spacial score (nSPS) is 10.0. The molecule has 5 nitrogen and oxygen atoms in total. The highest BCUT2D eigenvalue weighted by atomic mass is 16.5. The Morgan fingerprint density at radius 3 is 2.82 bits per heavy atom. The van der Waals surface area contributed by atoms with Crippen LogP contribution in [0.15, 0.2) is 18.2 Å². The van der Waals surface area contributed by atoms with Gasteiger partial charge in [-0.2, -0.15) is 0 Å². The van der Waals surface area contributed by atoms with Gasteiger partial charge in [-0.05, 0) is 18.2 Å². The van der Waals surface area contributed by atoms with Crippen LogP contribution in [0.25, 0.3) is 0 Å². The van der Waals surface area contributed by atoms with Crippen molar-refractivity contribution in [3.63, 3.8) is 0 Å². The van der Waals surface area contributed by atoms with Gasteiger partial charge in [0.15, 0.2) is 0 Å². The Hall–Kier alpha value is -1.75. The van der Waals surface area contributed by atoms with Crippen LogP contribution >= 0.6 is 0 Å². The van der Waals surface area contributed by atoms with Gasteiger partial charge in [0.05, 0.1) is 20.6 Å². The number of ether oxygens (including phenoxy) is 2. The average Bonchev–Trinajstić information content (AvgIpc) is 2.36. The lowest BCUT2D eigenvalue weighted by atomic mass is 10.2. The lowest BCUT2D eigenvalue weighted by Crippen LogP contribution is -2.18. The van der Waals surface area contributed by atoms with Gasteiger partial charge in [-0.25, -0.2) is 0 Å². The molecule has 0 aliphatic heterocycles. The van der Waals surface area contributed by atoms with Crippen LogP contribution in [-0.2, 0) is 16.1 Å². The molecule has 94 valence electrons. The van der Waals surface area contributed by atoms with E-state index in [1.807, 2.05) is 0 Å². The standard InChI is InChI=1S/C12H17NO4/c1-16-10-3-4-11(14)9(7-10)8-13-6-5-12(15)17-2/h3-4,7,13-14H,5-6,8H2,1-2H3. The van der Waals surface area contributed by atoms with E-state index in [0.29, 0.717) is 25.3 Å². The van der Waals surface area contributed by atoms with Gasteiger partial charge < -0.3 is 19.9 Å². The minimum absolute atomic E-state index is 0.205. The van der Waals surface area contributed by atoms with E-state index in [2.05, 4.69) is 10.1 Å². The van der Waals surface area contributed by atoms with Gasteiger partial charge in [-0.15, -0.1) is 0 Å². The summed E-state index contributed by atoms with van der Waals surface area (Å²) in [6.07, 6.45) is 0.307. The van der Waals surface area contributed by atoms with E-state index < -0.39 is 0 Å². The Labute approximate surface area is 100 Å². The molecule has 2 N–H and O–H groups in total. The first-order chi connectivity index (χ1) is 8.17. The fourth-order valence-electron chi connectivity index (χ4n) is 1.35. The summed E-state index contributed by atoms with van der Waals surface area (Å²) >= 11 is 0. The van der Waals surface area contributed by atoms with Gasteiger partial charge in [0.1, 0.15) is 11.5 Å². The Morgan fingerprint density at radius 2 is 2.18 bits per heavy atom. The SMILES string of the molecule is COC(=O)CCNCc1cc(OC)ccc1O. The van der Waals surface area contributed by atoms with Crippen molar-refractivity contribution < 1.29 is 19.4 Å². The fourth-order valence-corrected chi connectivity index (χ4v) is 1.35. The minimum atomic E-state index is -0.257. The summed E-state index contributed by atoms with van der Waals surface area (Å²) in [5, 5.41) is 12.6. The van der Waals surface area contributed by atoms with E-state index in [0.717, 1.165) is 5.56 Å². The predicted molar refractivity (Wildman–Crippen MR) is 63.0 cm³/mol. The molecule has 17 heavy (non-hydrogen) atoms. The molecule has 0 spiro atoms. The Morgan fingerprint density at radius 1 is 1.41 bits per heavy atom. The number of carbonyl (C=O) groups is 1. The monoisotopic (exact) mass is 239 g/mol. The molecule has 0 atom stereocenters. The minimum Gasteiger partial charge on any atom is -0.508 e. The van der Waals surface area contributed by atoms with Gasteiger partial charge >= 0.3 is 5.97 Å². The molecular weight excluding hydrogens is 222 g/mol. The number of aromatic hydroxyl groups is 1. The molecule has 0 aliphatic rings. The van der Waals surface area contributed by atoms with Crippen LogP contribution in [0.3, 0.4) is 0 Å². The first-order valence-electron chi connectivity index (χ1n) is 5.30. The number of hydrogen-bond acceptors (Lipinski definition) is 5. The molecule has 1 aromatic carbocycles. The van der Waals surface area contributed by atoms with Crippen molar-refractivity contribution in [3.05, 3.63) is 23.8 Å². The third kappa shape index (κ3) is 4.32. The molecule has 0 amide bonds. The number of rotatable bonds is 6. The second-order valence-electron chi connectivity index (χ2n) is 3.50. The summed E-state index contributed by atoms with van der Waals surface area (Å²) < 4.78 is 9.57. The summed E-state index contributed by atoms with van der Waals surface area (Å²) in [6, 6.07) is 5.02. The van der Waals surface area contributed by atoms with Crippen molar-refractivity contribution >= 4 is 5.97 Å². The van der Waals surface area contributed by atoms with Crippen LogP contribution < -0.4 is 10.1 Å². The molecule has 1 aromatic rings. The van der Waals surface area contributed by atoms with Crippen LogP contribution in [0.1, 0.15) is 12.0 Å². The van der Waals surface area contributed by atoms with Crippen LogP contribution in [0, 0.1) is 0 Å². The zero-order chi connectivity index (χ0) is 12.7. The van der Waals surface area contributed by atoms with Crippen molar-refractivity contribution in [1.29, 1.82) is 0 Å². The largest absolute Gasteiger partial charge is 0.508 e. The summed E-state index contributed by atoms with van der Waals surface area (Å²) in [4.78, 5) is 10.9. The van der Waals surface area contributed by atoms with Crippen LogP contribution in [0.5, 0.6) is 11.5 Å². The summed E-state index contributed by atoms with van der Waals surface area (Å²) in [5.41, 5.74) is 0.731. The lowest BCUT2D eigenvalue weighted by Gasteiger charge is -2.08. The van der Waals surface area contributed by atoms with E-state index in [9.17, 15) is 9.90 Å². The molecule has 0 bridgehead atoms. The smallest absolute Gasteiger partial charge is 0.306 e. The maximum Gasteiger partial charge on any atom is 0.306 e. The van der Waals surface area contributed by atoms with E-state index >= 15 is 0 Å². The molecular formula is C12H17NO4. The number of hydrogen-bond donors (Lipinski definition) is 2. The third-order valence-corrected chi connectivity index (χ3v) is 2.34. The van der Waals surface area contributed by atoms with Gasteiger partial charge in [-0.1, -0.05) is 0 Å². The molecule has 0 saturated heterocycles. The summed E-state index contributed by atoms with van der Waals surface area (Å²) in [7, 11) is 2.93. The predicted octanol–water partition coefficient (Wildman–Crippen LogP) is 1.05. The highest BCUT2D eigenvalue weighted by molar-refractivity contribution is 5.69. The van der Waals surface area contributed by atoms with Gasteiger partial charge in [0.25, 0.3) is 0 Å². The summed E-state index contributed by atoms with van der Waals surface area (Å²) in [6.45, 7) is 0.976. The Bertz CT molecular complexity index is 379. The number of phenols is 1. The molecule has 5 heteroatoms. The molecule has 0 heterocycles. The first kappa shape index (κ1) is 13.3. The molecule has 0 aliphatic carbocycles. The van der Waals surface area contributed by atoms with Crippen molar-refractivity contribution in [2.75, 3.05) is 20.8 Å². The van der Waals surface area contributed by atoms with E-state index in [-0.39, 0.29) is 11.7 Å². The second kappa shape index (κ2) is 6.75. The number of nitrogens with one attached hydrogen (secondary N) is 1. The van der Waals surface area contributed by atoms with E-state index in [1.54, 1.807) is 25.3 Å². The Balaban J connectivity index is 2.43. The quantitative estimate of drug-likeness (QED) is 0.574. The number of methoxy groups -OCH3 is 2. The average molecular weight is 239 g/mol. The molecule has 1 rings (SSSR count). The maximum atomic E-state index is 10.9. The third-order valence-electron chi connectivity index (χ3n) is 2.34. The van der Waals surface area contributed by atoms with Crippen molar-refractivity contribution in [3.8, 4) is 11.5 Å². The zero-order valence-corrected chi connectivity index (χ0v) is 10.0. The molecule has 0 saturated carbocycles. The van der Waals surface area contributed by atoms with Crippen LogP contribution in [0.4, 0.5) is 0 Å². The van der Waals surface area contributed by atoms with Crippen LogP contribution in [0.2, 0.25) is 0 Å². The number of esters is 1. The fraction of sp³-hybridized carbons (Fsp3) is 0.417. The lowest BCUT2D eigenvalue weighted by molar-refractivity contribution is -0.140. The molecule has 0 unspecified atom stereocenters. The van der Waals surface area contributed by atoms with Gasteiger partial charge in [-0.3, -0.25) is 4.79 Å². The highest BCUT2D eigenvalue weighted by Crippen LogP contribution is 2.22. The second-order valence-corrected chi connectivity index (χ2v) is 3.50. The van der Waals surface area contributed by atoms with Gasteiger partial charge in [0, 0.05) is 18.7 Å². The van der Waals surface area contributed by atoms with Crippen molar-refractivity contribution in [2.24, 2.45) is 0 Å². The number of benzene rings is 1. The molecule has 0 fully saturated rings. The first-order valence-corrected chi connectivity index (χ1v) is 5.30. The van der Waals surface area contributed by atoms with E-state index in [4.69, 9.17) is 4.74 Å². The molecule has 0 radical (unpaired) electrons. The molecule has 0 aromatic heterocycles.